The van der Waals surface area contributed by atoms with Crippen LogP contribution in [-0.4, -0.2) is 29.3 Å². The average Bonchev–Trinajstić information content (AvgIpc) is 2.52. The van der Waals surface area contributed by atoms with Crippen molar-refractivity contribution >= 4 is 29.6 Å². The number of esters is 1. The maximum Gasteiger partial charge on any atom is 0.341 e. The number of methoxy groups -OCH3 is 1. The van der Waals surface area contributed by atoms with E-state index in [-0.39, 0.29) is 16.9 Å². The Balaban J connectivity index is 2.09. The molecule has 0 radical (unpaired) electrons. The van der Waals surface area contributed by atoms with Crippen LogP contribution >= 0.6 is 11.9 Å². The number of ether oxygens (including phenoxy) is 1. The van der Waals surface area contributed by atoms with Crippen LogP contribution in [0.15, 0.2) is 47.4 Å². The monoisotopic (exact) mass is 319 g/mol. The zero-order chi connectivity index (χ0) is 16.1. The van der Waals surface area contributed by atoms with Crippen molar-refractivity contribution in [1.82, 2.24) is 0 Å². The second-order valence-corrected chi connectivity index (χ2v) is 5.14. The van der Waals surface area contributed by atoms with Crippen molar-refractivity contribution in [1.29, 1.82) is 0 Å². The first kappa shape index (κ1) is 15.7. The summed E-state index contributed by atoms with van der Waals surface area (Å²) < 4.78 is 7.51. The maximum atomic E-state index is 11.4. The molecule has 0 aromatic heterocycles. The standard InChI is InChI=1S/C15H13NO5S/c1-21-15(20)12-6-5-10(8-13(12)17)16-22-11-4-2-3-9(7-11)14(18)19/h2-8,16-17H,1H3,(H,18,19). The molecule has 0 fully saturated rings. The van der Waals surface area contributed by atoms with E-state index in [9.17, 15) is 14.7 Å². The number of aromatic carboxylic acids is 1. The number of hydrogen-bond donors (Lipinski definition) is 3. The fraction of sp³-hybridized carbons (Fsp3) is 0.0667. The molecule has 2 aromatic carbocycles. The number of anilines is 1. The first-order valence-corrected chi connectivity index (χ1v) is 7.00. The number of hydrogen-bond acceptors (Lipinski definition) is 6. The molecular weight excluding hydrogens is 306 g/mol. The number of carboxylic acid groups (broad SMARTS) is 1. The van der Waals surface area contributed by atoms with Gasteiger partial charge in [0.15, 0.2) is 0 Å². The fourth-order valence-corrected chi connectivity index (χ4v) is 2.38. The SMILES string of the molecule is COC(=O)c1ccc(NSc2cccc(C(=O)O)c2)cc1O. The average molecular weight is 319 g/mol. The summed E-state index contributed by atoms with van der Waals surface area (Å²) in [6, 6.07) is 10.9. The number of carbonyl (C=O) groups excluding carboxylic acids is 1. The summed E-state index contributed by atoms with van der Waals surface area (Å²) in [7, 11) is 1.24. The van der Waals surface area contributed by atoms with E-state index >= 15 is 0 Å². The molecule has 0 amide bonds. The minimum atomic E-state index is -0.998. The lowest BCUT2D eigenvalue weighted by molar-refractivity contribution is 0.0596. The molecule has 0 aliphatic rings. The fourth-order valence-electron chi connectivity index (χ4n) is 1.69. The Bertz CT molecular complexity index is 717. The van der Waals surface area contributed by atoms with Crippen LogP contribution in [0.1, 0.15) is 20.7 Å². The second kappa shape index (κ2) is 6.86. The van der Waals surface area contributed by atoms with E-state index in [0.717, 1.165) is 0 Å². The number of phenolic OH excluding ortho intramolecular Hbond substituents is 1. The topological polar surface area (TPSA) is 95.9 Å². The summed E-state index contributed by atoms with van der Waals surface area (Å²) in [5.41, 5.74) is 0.831. The number of aromatic hydroxyl groups is 1. The molecule has 6 nitrogen and oxygen atoms in total. The second-order valence-electron chi connectivity index (χ2n) is 4.26. The minimum Gasteiger partial charge on any atom is -0.507 e. The Hall–Kier alpha value is -2.67. The molecule has 0 unspecified atom stereocenters. The smallest absolute Gasteiger partial charge is 0.341 e. The third-order valence-electron chi connectivity index (χ3n) is 2.77. The lowest BCUT2D eigenvalue weighted by Gasteiger charge is -2.08. The number of carboxylic acids is 1. The van der Waals surface area contributed by atoms with Crippen LogP contribution in [0.4, 0.5) is 5.69 Å². The molecule has 22 heavy (non-hydrogen) atoms. The molecule has 114 valence electrons. The van der Waals surface area contributed by atoms with E-state index in [1.165, 1.54) is 43.3 Å². The van der Waals surface area contributed by atoms with Gasteiger partial charge in [0.25, 0.3) is 0 Å². The van der Waals surface area contributed by atoms with Gasteiger partial charge in [0, 0.05) is 16.6 Å². The Morgan fingerprint density at radius 3 is 2.59 bits per heavy atom. The molecule has 7 heteroatoms. The molecule has 3 N–H and O–H groups in total. The van der Waals surface area contributed by atoms with E-state index in [1.54, 1.807) is 18.2 Å². The summed E-state index contributed by atoms with van der Waals surface area (Å²) in [6.07, 6.45) is 0. The zero-order valence-electron chi connectivity index (χ0n) is 11.6. The molecule has 0 atom stereocenters. The molecule has 0 aliphatic carbocycles. The van der Waals surface area contributed by atoms with Gasteiger partial charge in [0.2, 0.25) is 0 Å². The first-order valence-electron chi connectivity index (χ1n) is 6.19. The number of phenols is 1. The Morgan fingerprint density at radius 2 is 1.95 bits per heavy atom. The van der Waals surface area contributed by atoms with Crippen LogP contribution in [-0.2, 0) is 4.74 Å². The molecule has 0 heterocycles. The van der Waals surface area contributed by atoms with Crippen LogP contribution in [0.2, 0.25) is 0 Å². The molecular formula is C15H13NO5S. The van der Waals surface area contributed by atoms with E-state index in [1.807, 2.05) is 0 Å². The molecule has 0 saturated heterocycles. The van der Waals surface area contributed by atoms with Crippen LogP contribution in [0.5, 0.6) is 5.75 Å². The van der Waals surface area contributed by atoms with Gasteiger partial charge in [-0.1, -0.05) is 6.07 Å². The maximum absolute atomic E-state index is 11.4. The summed E-state index contributed by atoms with van der Waals surface area (Å²) in [4.78, 5) is 23.0. The van der Waals surface area contributed by atoms with Gasteiger partial charge in [0.1, 0.15) is 11.3 Å². The van der Waals surface area contributed by atoms with Gasteiger partial charge in [-0.2, -0.15) is 0 Å². The van der Waals surface area contributed by atoms with E-state index < -0.39 is 11.9 Å². The van der Waals surface area contributed by atoms with Crippen molar-refractivity contribution in [2.45, 2.75) is 4.90 Å². The van der Waals surface area contributed by atoms with Crippen LogP contribution < -0.4 is 4.72 Å². The van der Waals surface area contributed by atoms with Crippen molar-refractivity contribution in [2.75, 3.05) is 11.8 Å². The summed E-state index contributed by atoms with van der Waals surface area (Å²) in [6.45, 7) is 0. The van der Waals surface area contributed by atoms with Crippen molar-refractivity contribution in [2.24, 2.45) is 0 Å². The van der Waals surface area contributed by atoms with Gasteiger partial charge in [-0.15, -0.1) is 0 Å². The quantitative estimate of drug-likeness (QED) is 0.576. The molecule has 0 aliphatic heterocycles. The number of nitrogens with one attached hydrogen (secondary N) is 1. The van der Waals surface area contributed by atoms with Gasteiger partial charge in [-0.05, 0) is 42.3 Å². The van der Waals surface area contributed by atoms with E-state index in [0.29, 0.717) is 10.6 Å². The highest BCUT2D eigenvalue weighted by Gasteiger charge is 2.11. The minimum absolute atomic E-state index is 0.0749. The lowest BCUT2D eigenvalue weighted by Crippen LogP contribution is -2.01. The summed E-state index contributed by atoms with van der Waals surface area (Å²) in [5, 5.41) is 18.7. The third kappa shape index (κ3) is 3.70. The van der Waals surface area contributed by atoms with Crippen LogP contribution in [0.3, 0.4) is 0 Å². The number of rotatable bonds is 5. The highest BCUT2D eigenvalue weighted by molar-refractivity contribution is 8.00. The van der Waals surface area contributed by atoms with Crippen molar-refractivity contribution < 1.29 is 24.5 Å². The van der Waals surface area contributed by atoms with Crippen LogP contribution in [0.25, 0.3) is 0 Å². The summed E-state index contributed by atoms with van der Waals surface area (Å²) >= 11 is 1.19. The van der Waals surface area contributed by atoms with Gasteiger partial charge in [0.05, 0.1) is 12.7 Å². The van der Waals surface area contributed by atoms with Gasteiger partial charge in [-0.3, -0.25) is 0 Å². The van der Waals surface area contributed by atoms with Crippen molar-refractivity contribution in [3.8, 4) is 5.75 Å². The van der Waals surface area contributed by atoms with Gasteiger partial charge >= 0.3 is 11.9 Å². The Morgan fingerprint density at radius 1 is 1.18 bits per heavy atom. The van der Waals surface area contributed by atoms with Crippen LogP contribution in [0, 0.1) is 0 Å². The van der Waals surface area contributed by atoms with Crippen molar-refractivity contribution in [3.05, 3.63) is 53.6 Å². The van der Waals surface area contributed by atoms with E-state index in [4.69, 9.17) is 5.11 Å². The first-order chi connectivity index (χ1) is 10.5. The molecule has 0 saturated carbocycles. The van der Waals surface area contributed by atoms with E-state index in [2.05, 4.69) is 9.46 Å². The summed E-state index contributed by atoms with van der Waals surface area (Å²) in [5.74, 6) is -1.81. The lowest BCUT2D eigenvalue weighted by atomic mass is 10.2. The molecule has 2 rings (SSSR count). The number of carbonyl (C=O) groups is 2. The third-order valence-corrected chi connectivity index (χ3v) is 3.60. The predicted octanol–water partition coefficient (Wildman–Crippen LogP) is 3.00. The predicted molar refractivity (Wildman–Crippen MR) is 82.3 cm³/mol. The Labute approximate surface area is 130 Å². The molecule has 0 spiro atoms. The normalized spacial score (nSPS) is 10.0. The zero-order valence-corrected chi connectivity index (χ0v) is 12.4. The molecule has 0 bridgehead atoms. The molecule has 2 aromatic rings. The number of benzene rings is 2. The van der Waals surface area contributed by atoms with Crippen molar-refractivity contribution in [3.63, 3.8) is 0 Å². The van der Waals surface area contributed by atoms with Gasteiger partial charge < -0.3 is 19.7 Å². The Kier molecular flexibility index (Phi) is 4.90. The highest BCUT2D eigenvalue weighted by Crippen LogP contribution is 2.27. The largest absolute Gasteiger partial charge is 0.507 e. The van der Waals surface area contributed by atoms with Gasteiger partial charge in [-0.25, -0.2) is 9.59 Å². The highest BCUT2D eigenvalue weighted by atomic mass is 32.2.